The van der Waals surface area contributed by atoms with Crippen LogP contribution >= 0.6 is 23.1 Å². The van der Waals surface area contributed by atoms with Crippen LogP contribution in [0.2, 0.25) is 0 Å². The highest BCUT2D eigenvalue weighted by Crippen LogP contribution is 2.29. The quantitative estimate of drug-likeness (QED) is 0.416. The predicted octanol–water partition coefficient (Wildman–Crippen LogP) is 3.89. The van der Waals surface area contributed by atoms with Gasteiger partial charge in [-0.3, -0.25) is 9.36 Å². The number of thiazole rings is 1. The van der Waals surface area contributed by atoms with Crippen molar-refractivity contribution in [3.63, 3.8) is 0 Å². The molecule has 0 atom stereocenters. The van der Waals surface area contributed by atoms with E-state index in [1.807, 2.05) is 35.8 Å². The molecule has 1 saturated heterocycles. The van der Waals surface area contributed by atoms with Crippen LogP contribution in [0.25, 0.3) is 15.9 Å². The molecule has 0 spiro atoms. The highest BCUT2D eigenvalue weighted by atomic mass is 32.2. The standard InChI is InChI=1S/C22H21FN6O2S2/c1-14-2-5-16(6-3-14)29-21(28-8-10-31-11-9-28)26-27-22(29)32-13-19(30)25-20-24-17-7-4-15(23)12-18(17)33-20/h2-7,12H,8-11,13H2,1H3,(H,24,25,30). The van der Waals surface area contributed by atoms with Crippen LogP contribution in [0.1, 0.15) is 5.56 Å². The van der Waals surface area contributed by atoms with E-state index in [2.05, 4.69) is 25.4 Å². The summed E-state index contributed by atoms with van der Waals surface area (Å²) in [6, 6.07) is 12.5. The molecule has 2 aromatic heterocycles. The maximum atomic E-state index is 13.4. The molecule has 1 aliphatic heterocycles. The van der Waals surface area contributed by atoms with Crippen molar-refractivity contribution < 1.29 is 13.9 Å². The first-order valence-electron chi connectivity index (χ1n) is 10.4. The van der Waals surface area contributed by atoms with Gasteiger partial charge in [0.05, 0.1) is 34.9 Å². The summed E-state index contributed by atoms with van der Waals surface area (Å²) in [6.07, 6.45) is 0. The van der Waals surface area contributed by atoms with Gasteiger partial charge in [0, 0.05) is 13.1 Å². The largest absolute Gasteiger partial charge is 0.378 e. The van der Waals surface area contributed by atoms with Crippen LogP contribution < -0.4 is 10.2 Å². The maximum absolute atomic E-state index is 13.4. The third kappa shape index (κ3) is 4.85. The Morgan fingerprint density at radius 1 is 1.18 bits per heavy atom. The molecule has 0 saturated carbocycles. The number of aromatic nitrogens is 4. The Kier molecular flexibility index (Phi) is 6.25. The Labute approximate surface area is 197 Å². The molecule has 3 heterocycles. The summed E-state index contributed by atoms with van der Waals surface area (Å²) in [4.78, 5) is 19.1. The van der Waals surface area contributed by atoms with E-state index in [9.17, 15) is 9.18 Å². The van der Waals surface area contributed by atoms with Crippen LogP contribution in [0.15, 0.2) is 47.6 Å². The number of rotatable bonds is 6. The van der Waals surface area contributed by atoms with Gasteiger partial charge in [-0.2, -0.15) is 0 Å². The topological polar surface area (TPSA) is 85.2 Å². The van der Waals surface area contributed by atoms with Gasteiger partial charge < -0.3 is 15.0 Å². The lowest BCUT2D eigenvalue weighted by molar-refractivity contribution is -0.113. The fraction of sp³-hybridized carbons (Fsp3) is 0.273. The van der Waals surface area contributed by atoms with E-state index in [-0.39, 0.29) is 17.5 Å². The number of morpholine rings is 1. The highest BCUT2D eigenvalue weighted by molar-refractivity contribution is 7.99. The summed E-state index contributed by atoms with van der Waals surface area (Å²) in [5.74, 6) is 0.326. The first kappa shape index (κ1) is 21.8. The zero-order valence-electron chi connectivity index (χ0n) is 17.8. The number of carbonyl (C=O) groups is 1. The van der Waals surface area contributed by atoms with Crippen molar-refractivity contribution >= 4 is 50.3 Å². The third-order valence-electron chi connectivity index (χ3n) is 5.13. The molecule has 0 unspecified atom stereocenters. The van der Waals surface area contributed by atoms with Crippen LogP contribution in [0, 0.1) is 12.7 Å². The van der Waals surface area contributed by atoms with Crippen LogP contribution in [0.4, 0.5) is 15.5 Å². The number of amides is 1. The van der Waals surface area contributed by atoms with Crippen molar-refractivity contribution in [2.75, 3.05) is 42.3 Å². The second-order valence-corrected chi connectivity index (χ2v) is 9.49. The van der Waals surface area contributed by atoms with Crippen LogP contribution in [0.5, 0.6) is 0 Å². The van der Waals surface area contributed by atoms with Gasteiger partial charge in [-0.05, 0) is 37.3 Å². The molecule has 8 nitrogen and oxygen atoms in total. The molecule has 1 aliphatic rings. The Morgan fingerprint density at radius 2 is 1.97 bits per heavy atom. The third-order valence-corrected chi connectivity index (χ3v) is 6.99. The normalized spacial score (nSPS) is 14.1. The zero-order valence-corrected chi connectivity index (χ0v) is 19.5. The van der Waals surface area contributed by atoms with Gasteiger partial charge in [-0.15, -0.1) is 10.2 Å². The molecule has 5 rings (SSSR count). The van der Waals surface area contributed by atoms with E-state index in [0.717, 1.165) is 30.3 Å². The van der Waals surface area contributed by atoms with E-state index in [4.69, 9.17) is 4.74 Å². The molecule has 11 heteroatoms. The zero-order chi connectivity index (χ0) is 22.8. The average Bonchev–Trinajstić information content (AvgIpc) is 3.42. The SMILES string of the molecule is Cc1ccc(-n2c(SCC(=O)Nc3nc4ccc(F)cc4s3)nnc2N2CCOCC2)cc1. The molecule has 0 bridgehead atoms. The Morgan fingerprint density at radius 3 is 2.76 bits per heavy atom. The van der Waals surface area contributed by atoms with E-state index in [1.165, 1.54) is 35.2 Å². The minimum Gasteiger partial charge on any atom is -0.378 e. The smallest absolute Gasteiger partial charge is 0.236 e. The van der Waals surface area contributed by atoms with Crippen molar-refractivity contribution in [2.45, 2.75) is 12.1 Å². The molecule has 1 fully saturated rings. The van der Waals surface area contributed by atoms with Gasteiger partial charge in [0.25, 0.3) is 0 Å². The van der Waals surface area contributed by atoms with Crippen molar-refractivity contribution in [2.24, 2.45) is 0 Å². The molecule has 2 aromatic carbocycles. The van der Waals surface area contributed by atoms with Gasteiger partial charge in [0.2, 0.25) is 11.9 Å². The number of benzene rings is 2. The Bertz CT molecular complexity index is 1280. The van der Waals surface area contributed by atoms with Gasteiger partial charge in [0.1, 0.15) is 5.82 Å². The molecule has 33 heavy (non-hydrogen) atoms. The Balaban J connectivity index is 1.34. The number of nitrogens with zero attached hydrogens (tertiary/aromatic N) is 5. The monoisotopic (exact) mass is 484 g/mol. The molecule has 1 N–H and O–H groups in total. The summed E-state index contributed by atoms with van der Waals surface area (Å²) in [5, 5.41) is 12.7. The second-order valence-electron chi connectivity index (χ2n) is 7.52. The number of hydrogen-bond donors (Lipinski definition) is 1. The van der Waals surface area contributed by atoms with E-state index in [1.54, 1.807) is 6.07 Å². The number of thioether (sulfide) groups is 1. The molecular weight excluding hydrogens is 463 g/mol. The number of ether oxygens (including phenoxy) is 1. The summed E-state index contributed by atoms with van der Waals surface area (Å²) in [5.41, 5.74) is 2.74. The molecule has 0 radical (unpaired) electrons. The lowest BCUT2D eigenvalue weighted by Crippen LogP contribution is -2.37. The number of fused-ring (bicyclic) bond motifs is 1. The van der Waals surface area contributed by atoms with Gasteiger partial charge >= 0.3 is 0 Å². The number of halogens is 1. The number of nitrogens with one attached hydrogen (secondary N) is 1. The number of carbonyl (C=O) groups excluding carboxylic acids is 1. The molecular formula is C22H21FN6O2S2. The number of hydrogen-bond acceptors (Lipinski definition) is 8. The first-order chi connectivity index (χ1) is 16.1. The average molecular weight is 485 g/mol. The molecule has 1 amide bonds. The summed E-state index contributed by atoms with van der Waals surface area (Å²) in [6.45, 7) is 4.77. The van der Waals surface area contributed by atoms with Crippen LogP contribution in [-0.4, -0.2) is 57.7 Å². The van der Waals surface area contributed by atoms with E-state index >= 15 is 0 Å². The van der Waals surface area contributed by atoms with Crippen LogP contribution in [-0.2, 0) is 9.53 Å². The predicted molar refractivity (Wildman–Crippen MR) is 128 cm³/mol. The fourth-order valence-corrected chi connectivity index (χ4v) is 5.14. The van der Waals surface area contributed by atoms with Gasteiger partial charge in [-0.25, -0.2) is 9.37 Å². The van der Waals surface area contributed by atoms with Crippen molar-refractivity contribution in [1.29, 1.82) is 0 Å². The van der Waals surface area contributed by atoms with E-state index < -0.39 is 0 Å². The van der Waals surface area contributed by atoms with E-state index in [0.29, 0.717) is 33.7 Å². The maximum Gasteiger partial charge on any atom is 0.236 e. The molecule has 170 valence electrons. The fourth-order valence-electron chi connectivity index (χ4n) is 3.48. The minimum absolute atomic E-state index is 0.136. The second kappa shape index (κ2) is 9.46. The molecule has 0 aliphatic carbocycles. The van der Waals surface area contributed by atoms with Crippen molar-refractivity contribution in [1.82, 2.24) is 19.7 Å². The molecule has 4 aromatic rings. The highest BCUT2D eigenvalue weighted by Gasteiger charge is 2.22. The summed E-state index contributed by atoms with van der Waals surface area (Å²) in [7, 11) is 0. The van der Waals surface area contributed by atoms with Gasteiger partial charge in [-0.1, -0.05) is 40.8 Å². The Hall–Kier alpha value is -3.02. The lowest BCUT2D eigenvalue weighted by Gasteiger charge is -2.27. The lowest BCUT2D eigenvalue weighted by atomic mass is 10.2. The summed E-state index contributed by atoms with van der Waals surface area (Å²) >= 11 is 2.55. The van der Waals surface area contributed by atoms with Crippen molar-refractivity contribution in [3.05, 3.63) is 53.8 Å². The summed E-state index contributed by atoms with van der Waals surface area (Å²) < 4.78 is 21.5. The number of anilines is 2. The first-order valence-corrected chi connectivity index (χ1v) is 12.2. The number of aryl methyl sites for hydroxylation is 1. The van der Waals surface area contributed by atoms with Crippen molar-refractivity contribution in [3.8, 4) is 5.69 Å². The van der Waals surface area contributed by atoms with Gasteiger partial charge in [0.15, 0.2) is 10.3 Å². The van der Waals surface area contributed by atoms with Crippen LogP contribution in [0.3, 0.4) is 0 Å². The minimum atomic E-state index is -0.328.